The van der Waals surface area contributed by atoms with Gasteiger partial charge in [0.05, 0.1) is 19.8 Å². The van der Waals surface area contributed by atoms with Crippen LogP contribution in [0.25, 0.3) is 0 Å². The molecule has 37 heavy (non-hydrogen) atoms. The molecule has 1 saturated carbocycles. The fourth-order valence-corrected chi connectivity index (χ4v) is 6.03. The summed E-state index contributed by atoms with van der Waals surface area (Å²) in [5, 5.41) is 3.45. The van der Waals surface area contributed by atoms with Crippen LogP contribution in [-0.2, 0) is 14.3 Å². The maximum atomic E-state index is 13.8. The van der Waals surface area contributed by atoms with Crippen molar-refractivity contribution in [2.24, 2.45) is 0 Å². The average Bonchev–Trinajstić information content (AvgIpc) is 2.92. The van der Waals surface area contributed by atoms with Crippen molar-refractivity contribution in [3.63, 3.8) is 0 Å². The Morgan fingerprint density at radius 3 is 2.32 bits per heavy atom. The first-order valence-corrected chi connectivity index (χ1v) is 13.2. The first-order valence-electron chi connectivity index (χ1n) is 13.2. The molecule has 0 saturated heterocycles. The Morgan fingerprint density at radius 2 is 1.62 bits per heavy atom. The number of nitrogens with one attached hydrogen (secondary N) is 1. The van der Waals surface area contributed by atoms with Gasteiger partial charge in [0.15, 0.2) is 17.3 Å². The second kappa shape index (κ2) is 10.8. The molecule has 0 radical (unpaired) electrons. The number of ketones is 1. The lowest BCUT2D eigenvalue weighted by Gasteiger charge is -2.37. The highest BCUT2D eigenvalue weighted by Gasteiger charge is 2.42. The van der Waals surface area contributed by atoms with Crippen LogP contribution < -0.4 is 14.8 Å². The molecule has 1 N–H and O–H groups in total. The van der Waals surface area contributed by atoms with Gasteiger partial charge in [-0.2, -0.15) is 0 Å². The Hall–Kier alpha value is -3.54. The van der Waals surface area contributed by atoms with E-state index in [2.05, 4.69) is 17.4 Å². The van der Waals surface area contributed by atoms with E-state index in [0.29, 0.717) is 35.5 Å². The summed E-state index contributed by atoms with van der Waals surface area (Å²) in [4.78, 5) is 27.5. The highest BCUT2D eigenvalue weighted by Crippen LogP contribution is 2.47. The Kier molecular flexibility index (Phi) is 7.36. The van der Waals surface area contributed by atoms with Crippen molar-refractivity contribution < 1.29 is 23.8 Å². The number of hydrogen-bond donors (Lipinski definition) is 1. The third-order valence-electron chi connectivity index (χ3n) is 7.89. The number of esters is 1. The van der Waals surface area contributed by atoms with Gasteiger partial charge in [-0.25, -0.2) is 4.79 Å². The van der Waals surface area contributed by atoms with Gasteiger partial charge in [-0.05, 0) is 68.2 Å². The summed E-state index contributed by atoms with van der Waals surface area (Å²) < 4.78 is 17.1. The van der Waals surface area contributed by atoms with E-state index in [1.54, 1.807) is 14.2 Å². The van der Waals surface area contributed by atoms with Gasteiger partial charge in [-0.3, -0.25) is 4.79 Å². The second-order valence-electron chi connectivity index (χ2n) is 10.2. The molecule has 6 heteroatoms. The number of Topliss-reactive ketones (excluding diaryl/α,β-unsaturated/α-hetero) is 1. The number of carbonyl (C=O) groups excluding carboxylic acids is 2. The molecule has 1 fully saturated rings. The Labute approximate surface area is 218 Å². The van der Waals surface area contributed by atoms with E-state index in [9.17, 15) is 9.59 Å². The first kappa shape index (κ1) is 25.1. The van der Waals surface area contributed by atoms with Crippen molar-refractivity contribution in [1.29, 1.82) is 0 Å². The quantitative estimate of drug-likeness (QED) is 0.494. The molecule has 0 amide bonds. The highest BCUT2D eigenvalue weighted by molar-refractivity contribution is 6.04. The summed E-state index contributed by atoms with van der Waals surface area (Å²) in [7, 11) is 3.18. The van der Waals surface area contributed by atoms with Crippen LogP contribution in [0.4, 0.5) is 0 Å². The summed E-state index contributed by atoms with van der Waals surface area (Å²) in [6.07, 6.45) is 6.13. The molecule has 194 valence electrons. The molecule has 0 aromatic heterocycles. The number of carbonyl (C=O) groups is 2. The smallest absolute Gasteiger partial charge is 0.337 e. The average molecular weight is 502 g/mol. The third kappa shape index (κ3) is 5.02. The SMILES string of the molecule is COc1ccc(C2C(C(=O)OC3CCCCC3)=C(C)NC3=C2C(=O)CC(c2ccccc2)C3)cc1OC. The molecule has 2 atom stereocenters. The molecular formula is C31H35NO5. The Balaban J connectivity index is 1.56. The predicted molar refractivity (Wildman–Crippen MR) is 142 cm³/mol. The van der Waals surface area contributed by atoms with E-state index < -0.39 is 5.92 Å². The van der Waals surface area contributed by atoms with Crippen molar-refractivity contribution in [2.75, 3.05) is 14.2 Å². The molecule has 2 aliphatic carbocycles. The minimum Gasteiger partial charge on any atom is -0.493 e. The monoisotopic (exact) mass is 501 g/mol. The van der Waals surface area contributed by atoms with Crippen molar-refractivity contribution in [2.45, 2.75) is 69.8 Å². The van der Waals surface area contributed by atoms with Crippen molar-refractivity contribution in [3.05, 3.63) is 82.2 Å². The lowest BCUT2D eigenvalue weighted by Crippen LogP contribution is -2.37. The van der Waals surface area contributed by atoms with Crippen LogP contribution >= 0.6 is 0 Å². The predicted octanol–water partition coefficient (Wildman–Crippen LogP) is 5.94. The molecule has 2 aromatic carbocycles. The molecule has 6 nitrogen and oxygen atoms in total. The standard InChI is InChI=1S/C31H35NO5/c1-19-28(31(34)37-23-12-8-5-9-13-23)29(21-14-15-26(35-2)27(18-21)36-3)30-24(32-19)16-22(17-25(30)33)20-10-6-4-7-11-20/h4,6-7,10-11,14-15,18,22-23,29,32H,5,8-9,12-13,16-17H2,1-3H3. The summed E-state index contributed by atoms with van der Waals surface area (Å²) >= 11 is 0. The van der Waals surface area contributed by atoms with Crippen LogP contribution in [0.15, 0.2) is 71.1 Å². The van der Waals surface area contributed by atoms with E-state index in [4.69, 9.17) is 14.2 Å². The molecule has 0 bridgehead atoms. The number of allylic oxidation sites excluding steroid dienone is 3. The van der Waals surface area contributed by atoms with Gasteiger partial charge in [-0.1, -0.05) is 42.8 Å². The molecular weight excluding hydrogens is 466 g/mol. The zero-order chi connectivity index (χ0) is 25.9. The van der Waals surface area contributed by atoms with Gasteiger partial charge < -0.3 is 19.5 Å². The number of ether oxygens (including phenoxy) is 3. The highest BCUT2D eigenvalue weighted by atomic mass is 16.5. The van der Waals surface area contributed by atoms with Crippen molar-refractivity contribution >= 4 is 11.8 Å². The fraction of sp³-hybridized carbons (Fsp3) is 0.419. The molecule has 2 unspecified atom stereocenters. The van der Waals surface area contributed by atoms with E-state index in [1.165, 1.54) is 6.42 Å². The van der Waals surface area contributed by atoms with E-state index in [0.717, 1.165) is 48.2 Å². The minimum atomic E-state index is -0.531. The molecule has 1 heterocycles. The zero-order valence-corrected chi connectivity index (χ0v) is 21.8. The maximum Gasteiger partial charge on any atom is 0.337 e. The van der Waals surface area contributed by atoms with Crippen LogP contribution in [0.5, 0.6) is 11.5 Å². The summed E-state index contributed by atoms with van der Waals surface area (Å²) in [5.74, 6) is 0.425. The largest absolute Gasteiger partial charge is 0.493 e. The molecule has 1 aliphatic heterocycles. The van der Waals surface area contributed by atoms with E-state index in [1.807, 2.05) is 43.3 Å². The first-order chi connectivity index (χ1) is 18.0. The van der Waals surface area contributed by atoms with Gasteiger partial charge in [0.25, 0.3) is 0 Å². The summed E-state index contributed by atoms with van der Waals surface area (Å²) in [6, 6.07) is 15.8. The normalized spacial score (nSPS) is 22.3. The Morgan fingerprint density at radius 1 is 0.892 bits per heavy atom. The van der Waals surface area contributed by atoms with Crippen molar-refractivity contribution in [1.82, 2.24) is 5.32 Å². The second-order valence-corrected chi connectivity index (χ2v) is 10.2. The van der Waals surface area contributed by atoms with Gasteiger partial charge in [0.1, 0.15) is 6.10 Å². The van der Waals surface area contributed by atoms with Crippen LogP contribution in [0, 0.1) is 0 Å². The lowest BCUT2D eigenvalue weighted by molar-refractivity contribution is -0.146. The number of benzene rings is 2. The molecule has 0 spiro atoms. The summed E-state index contributed by atoms with van der Waals surface area (Å²) in [6.45, 7) is 1.91. The molecule has 3 aliphatic rings. The van der Waals surface area contributed by atoms with Crippen LogP contribution in [0.2, 0.25) is 0 Å². The number of hydrogen-bond acceptors (Lipinski definition) is 6. The number of methoxy groups -OCH3 is 2. The lowest BCUT2D eigenvalue weighted by atomic mass is 9.71. The van der Waals surface area contributed by atoms with Crippen molar-refractivity contribution in [3.8, 4) is 11.5 Å². The van der Waals surface area contributed by atoms with Gasteiger partial charge in [0.2, 0.25) is 0 Å². The molecule has 2 aromatic rings. The zero-order valence-electron chi connectivity index (χ0n) is 21.8. The van der Waals surface area contributed by atoms with Crippen LogP contribution in [-0.4, -0.2) is 32.1 Å². The van der Waals surface area contributed by atoms with Crippen LogP contribution in [0.1, 0.15) is 74.8 Å². The topological polar surface area (TPSA) is 73.9 Å². The molecule has 5 rings (SSSR count). The summed E-state index contributed by atoms with van der Waals surface area (Å²) in [5.41, 5.74) is 4.74. The minimum absolute atomic E-state index is 0.0536. The Bertz CT molecular complexity index is 1240. The third-order valence-corrected chi connectivity index (χ3v) is 7.89. The maximum absolute atomic E-state index is 13.8. The number of dihydropyridines is 1. The van der Waals surface area contributed by atoms with Gasteiger partial charge in [0, 0.05) is 29.3 Å². The van der Waals surface area contributed by atoms with Gasteiger partial charge >= 0.3 is 5.97 Å². The van der Waals surface area contributed by atoms with Gasteiger partial charge in [-0.15, -0.1) is 0 Å². The fourth-order valence-electron chi connectivity index (χ4n) is 6.03. The van der Waals surface area contributed by atoms with Crippen LogP contribution in [0.3, 0.4) is 0 Å². The van der Waals surface area contributed by atoms with E-state index in [-0.39, 0.29) is 23.8 Å². The number of rotatable bonds is 6. The van der Waals surface area contributed by atoms with E-state index >= 15 is 0 Å².